The van der Waals surface area contributed by atoms with Crippen LogP contribution in [0.4, 0.5) is 10.1 Å². The largest absolute Gasteiger partial charge is 0.389 e. The molecule has 2 aromatic rings. The zero-order valence-electron chi connectivity index (χ0n) is 10.2. The van der Waals surface area contributed by atoms with E-state index in [4.69, 9.17) is 0 Å². The van der Waals surface area contributed by atoms with Crippen molar-refractivity contribution in [3.05, 3.63) is 65.5 Å². The summed E-state index contributed by atoms with van der Waals surface area (Å²) >= 11 is 0. The topological polar surface area (TPSA) is 32.3 Å². The van der Waals surface area contributed by atoms with Crippen LogP contribution in [-0.2, 0) is 6.54 Å². The van der Waals surface area contributed by atoms with Crippen molar-refractivity contribution >= 4 is 5.69 Å². The molecule has 0 aromatic heterocycles. The van der Waals surface area contributed by atoms with Crippen molar-refractivity contribution in [3.8, 4) is 0 Å². The Kier molecular flexibility index (Phi) is 3.95. The van der Waals surface area contributed by atoms with Gasteiger partial charge in [-0.25, -0.2) is 4.39 Å². The summed E-state index contributed by atoms with van der Waals surface area (Å²) in [4.78, 5) is 0. The van der Waals surface area contributed by atoms with Crippen LogP contribution < -0.4 is 5.32 Å². The van der Waals surface area contributed by atoms with Gasteiger partial charge in [0.1, 0.15) is 5.82 Å². The quantitative estimate of drug-likeness (QED) is 0.864. The zero-order chi connectivity index (χ0) is 13.0. The lowest BCUT2D eigenvalue weighted by Crippen LogP contribution is -2.04. The summed E-state index contributed by atoms with van der Waals surface area (Å²) in [6.45, 7) is 2.34. The van der Waals surface area contributed by atoms with Crippen molar-refractivity contribution in [3.63, 3.8) is 0 Å². The Morgan fingerprint density at radius 1 is 1.11 bits per heavy atom. The van der Waals surface area contributed by atoms with Crippen molar-refractivity contribution in [2.75, 3.05) is 5.32 Å². The molecular weight excluding hydrogens is 229 g/mol. The molecule has 94 valence electrons. The van der Waals surface area contributed by atoms with Gasteiger partial charge < -0.3 is 10.4 Å². The number of anilines is 1. The zero-order valence-corrected chi connectivity index (χ0v) is 10.2. The summed E-state index contributed by atoms with van der Waals surface area (Å²) in [7, 11) is 0. The molecule has 1 unspecified atom stereocenters. The molecule has 2 N–H and O–H groups in total. The molecule has 0 saturated heterocycles. The second-order valence-corrected chi connectivity index (χ2v) is 4.24. The molecule has 0 aliphatic carbocycles. The molecule has 0 aliphatic rings. The van der Waals surface area contributed by atoms with E-state index in [2.05, 4.69) is 5.32 Å². The van der Waals surface area contributed by atoms with E-state index in [0.29, 0.717) is 6.54 Å². The highest BCUT2D eigenvalue weighted by molar-refractivity contribution is 5.52. The van der Waals surface area contributed by atoms with Gasteiger partial charge in [-0.2, -0.15) is 0 Å². The van der Waals surface area contributed by atoms with Crippen LogP contribution in [-0.4, -0.2) is 5.11 Å². The Morgan fingerprint density at radius 2 is 1.78 bits per heavy atom. The fourth-order valence-corrected chi connectivity index (χ4v) is 1.82. The first-order valence-corrected chi connectivity index (χ1v) is 5.92. The smallest absolute Gasteiger partial charge is 0.123 e. The lowest BCUT2D eigenvalue weighted by Gasteiger charge is -2.13. The number of halogens is 1. The highest BCUT2D eigenvalue weighted by atomic mass is 19.1. The lowest BCUT2D eigenvalue weighted by atomic mass is 10.1. The molecule has 0 radical (unpaired) electrons. The number of para-hydroxylation sites is 1. The van der Waals surface area contributed by atoms with E-state index in [-0.39, 0.29) is 5.82 Å². The summed E-state index contributed by atoms with van der Waals surface area (Å²) in [5, 5.41) is 12.9. The standard InChI is InChI=1S/C15H16FNO/c1-11(18)14-4-2-3-5-15(14)17-10-12-6-8-13(16)9-7-12/h2-9,11,17-18H,10H2,1H3. The van der Waals surface area contributed by atoms with Crippen LogP contribution in [0.15, 0.2) is 48.5 Å². The van der Waals surface area contributed by atoms with Crippen molar-refractivity contribution in [1.29, 1.82) is 0 Å². The van der Waals surface area contributed by atoms with Gasteiger partial charge in [0.15, 0.2) is 0 Å². The molecule has 18 heavy (non-hydrogen) atoms. The number of aliphatic hydroxyl groups is 1. The molecule has 0 spiro atoms. The predicted octanol–water partition coefficient (Wildman–Crippen LogP) is 3.49. The molecular formula is C15H16FNO. The average molecular weight is 245 g/mol. The molecule has 0 bridgehead atoms. The van der Waals surface area contributed by atoms with Gasteiger partial charge in [-0.1, -0.05) is 30.3 Å². The summed E-state index contributed by atoms with van der Waals surface area (Å²) in [5.41, 5.74) is 2.76. The maximum atomic E-state index is 12.8. The number of hydrogen-bond donors (Lipinski definition) is 2. The lowest BCUT2D eigenvalue weighted by molar-refractivity contribution is 0.200. The van der Waals surface area contributed by atoms with Crippen LogP contribution in [0.25, 0.3) is 0 Å². The Hall–Kier alpha value is -1.87. The fourth-order valence-electron chi connectivity index (χ4n) is 1.82. The predicted molar refractivity (Wildman–Crippen MR) is 70.8 cm³/mol. The number of benzene rings is 2. The minimum atomic E-state index is -0.512. The molecule has 2 aromatic carbocycles. The average Bonchev–Trinajstić information content (AvgIpc) is 2.38. The summed E-state index contributed by atoms with van der Waals surface area (Å²) in [6.07, 6.45) is -0.512. The van der Waals surface area contributed by atoms with Gasteiger partial charge >= 0.3 is 0 Å². The number of aliphatic hydroxyl groups excluding tert-OH is 1. The third-order valence-corrected chi connectivity index (χ3v) is 2.81. The van der Waals surface area contributed by atoms with E-state index < -0.39 is 6.10 Å². The van der Waals surface area contributed by atoms with E-state index in [1.54, 1.807) is 19.1 Å². The van der Waals surface area contributed by atoms with Crippen molar-refractivity contribution in [2.24, 2.45) is 0 Å². The van der Waals surface area contributed by atoms with E-state index in [1.807, 2.05) is 24.3 Å². The maximum absolute atomic E-state index is 12.8. The highest BCUT2D eigenvalue weighted by Gasteiger charge is 2.06. The van der Waals surface area contributed by atoms with Gasteiger partial charge in [-0.3, -0.25) is 0 Å². The van der Waals surface area contributed by atoms with E-state index >= 15 is 0 Å². The van der Waals surface area contributed by atoms with Crippen molar-refractivity contribution < 1.29 is 9.50 Å². The molecule has 2 rings (SSSR count). The van der Waals surface area contributed by atoms with Gasteiger partial charge in [0.25, 0.3) is 0 Å². The first kappa shape index (κ1) is 12.6. The molecule has 0 heterocycles. The monoisotopic (exact) mass is 245 g/mol. The van der Waals surface area contributed by atoms with Crippen molar-refractivity contribution in [1.82, 2.24) is 0 Å². The van der Waals surface area contributed by atoms with Crippen molar-refractivity contribution in [2.45, 2.75) is 19.6 Å². The second kappa shape index (κ2) is 5.65. The van der Waals surface area contributed by atoms with Gasteiger partial charge in [0.05, 0.1) is 6.10 Å². The molecule has 1 atom stereocenters. The Bertz CT molecular complexity index is 508. The Labute approximate surface area is 106 Å². The number of rotatable bonds is 4. The molecule has 0 saturated carbocycles. The normalized spacial score (nSPS) is 12.2. The third kappa shape index (κ3) is 3.08. The molecule has 0 amide bonds. The Balaban J connectivity index is 2.08. The van der Waals surface area contributed by atoms with Gasteiger partial charge in [-0.15, -0.1) is 0 Å². The third-order valence-electron chi connectivity index (χ3n) is 2.81. The van der Waals surface area contributed by atoms with Gasteiger partial charge in [-0.05, 0) is 30.7 Å². The first-order chi connectivity index (χ1) is 8.66. The van der Waals surface area contributed by atoms with Gasteiger partial charge in [0.2, 0.25) is 0 Å². The van der Waals surface area contributed by atoms with Crippen LogP contribution in [0.5, 0.6) is 0 Å². The summed E-state index contributed by atoms with van der Waals surface area (Å²) in [6, 6.07) is 14.0. The second-order valence-electron chi connectivity index (χ2n) is 4.24. The van der Waals surface area contributed by atoms with Crippen LogP contribution in [0, 0.1) is 5.82 Å². The maximum Gasteiger partial charge on any atom is 0.123 e. The SMILES string of the molecule is CC(O)c1ccccc1NCc1ccc(F)cc1. The first-order valence-electron chi connectivity index (χ1n) is 5.92. The van der Waals surface area contributed by atoms with E-state index in [0.717, 1.165) is 16.8 Å². The number of hydrogen-bond acceptors (Lipinski definition) is 2. The van der Waals surface area contributed by atoms with E-state index in [1.165, 1.54) is 12.1 Å². The number of nitrogens with one attached hydrogen (secondary N) is 1. The van der Waals surface area contributed by atoms with Crippen LogP contribution in [0.3, 0.4) is 0 Å². The highest BCUT2D eigenvalue weighted by Crippen LogP contribution is 2.22. The molecule has 2 nitrogen and oxygen atoms in total. The fraction of sp³-hybridized carbons (Fsp3) is 0.200. The van der Waals surface area contributed by atoms with Gasteiger partial charge in [0, 0.05) is 17.8 Å². The van der Waals surface area contributed by atoms with Crippen LogP contribution >= 0.6 is 0 Å². The minimum Gasteiger partial charge on any atom is -0.389 e. The van der Waals surface area contributed by atoms with Crippen LogP contribution in [0.1, 0.15) is 24.2 Å². The summed E-state index contributed by atoms with van der Waals surface area (Å²) in [5.74, 6) is -0.233. The Morgan fingerprint density at radius 3 is 2.44 bits per heavy atom. The molecule has 3 heteroatoms. The van der Waals surface area contributed by atoms with Crippen LogP contribution in [0.2, 0.25) is 0 Å². The summed E-state index contributed by atoms with van der Waals surface area (Å²) < 4.78 is 12.8. The van der Waals surface area contributed by atoms with E-state index in [9.17, 15) is 9.50 Å². The molecule has 0 fully saturated rings. The molecule has 0 aliphatic heterocycles. The minimum absolute atomic E-state index is 0.233.